The lowest BCUT2D eigenvalue weighted by atomic mass is 9.68. The number of carbonyl (C=O) groups excluding carboxylic acids is 3. The van der Waals surface area contributed by atoms with Crippen molar-refractivity contribution < 1.29 is 46.5 Å². The molecule has 0 aromatic heterocycles. The first kappa shape index (κ1) is 41.7. The Morgan fingerprint density at radius 3 is 1.98 bits per heavy atom. The smallest absolute Gasteiger partial charge is 0.309 e. The maximum atomic E-state index is 13.5. The second kappa shape index (κ2) is 18.0. The van der Waals surface area contributed by atoms with Crippen LogP contribution in [-0.2, 0) is 38.5 Å². The van der Waals surface area contributed by atoms with Crippen molar-refractivity contribution in [3.8, 4) is 0 Å². The molecule has 13 heteroatoms. The van der Waals surface area contributed by atoms with Crippen molar-refractivity contribution in [2.24, 2.45) is 28.6 Å². The molecule has 0 saturated carbocycles. The van der Waals surface area contributed by atoms with Gasteiger partial charge in [0.2, 0.25) is 5.91 Å². The van der Waals surface area contributed by atoms with Crippen LogP contribution in [0.2, 0.25) is 0 Å². The Morgan fingerprint density at radius 2 is 1.51 bits per heavy atom. The third-order valence-corrected chi connectivity index (χ3v) is 10.4. The van der Waals surface area contributed by atoms with Crippen LogP contribution >= 0.6 is 8.15 Å². The predicted octanol–water partition coefficient (Wildman–Crippen LogP) is 4.80. The van der Waals surface area contributed by atoms with Crippen molar-refractivity contribution in [2.45, 2.75) is 106 Å². The molecular formula is C30H58NO10PS. The number of nitrogens with one attached hydrogen (secondary N) is 1. The molecule has 254 valence electrons. The number of rotatable bonds is 20. The molecule has 0 aliphatic carbocycles. The fraction of sp³-hybridized carbons (Fsp3) is 0.900. The van der Waals surface area contributed by atoms with Crippen LogP contribution in [0.15, 0.2) is 0 Å². The number of hydrogen-bond acceptors (Lipinski definition) is 9. The highest BCUT2D eigenvalue weighted by molar-refractivity contribution is 7.85. The molecule has 0 spiro atoms. The van der Waals surface area contributed by atoms with E-state index in [1.54, 1.807) is 6.66 Å². The van der Waals surface area contributed by atoms with Crippen LogP contribution < -0.4 is 5.32 Å². The summed E-state index contributed by atoms with van der Waals surface area (Å²) in [7, 11) is -4.22. The van der Waals surface area contributed by atoms with Crippen LogP contribution in [0.4, 0.5) is 0 Å². The molecule has 0 radical (unpaired) electrons. The van der Waals surface area contributed by atoms with E-state index in [0.29, 0.717) is 13.0 Å². The van der Waals surface area contributed by atoms with Gasteiger partial charge in [0.15, 0.2) is 0 Å². The summed E-state index contributed by atoms with van der Waals surface area (Å²) in [4.78, 5) is 40.2. The van der Waals surface area contributed by atoms with Gasteiger partial charge in [-0.25, -0.2) is 0 Å². The average molecular weight is 656 g/mol. The van der Waals surface area contributed by atoms with E-state index in [1.807, 2.05) is 48.5 Å². The van der Waals surface area contributed by atoms with Crippen LogP contribution in [0.1, 0.15) is 94.4 Å². The zero-order valence-corrected chi connectivity index (χ0v) is 29.9. The van der Waals surface area contributed by atoms with E-state index in [9.17, 15) is 32.5 Å². The van der Waals surface area contributed by atoms with Crippen molar-refractivity contribution in [1.82, 2.24) is 5.32 Å². The van der Waals surface area contributed by atoms with Gasteiger partial charge in [0.05, 0.1) is 42.0 Å². The Balaban J connectivity index is 6.38. The highest BCUT2D eigenvalue weighted by atomic mass is 32.2. The number of amides is 1. The first-order valence-electron chi connectivity index (χ1n) is 15.0. The largest absolute Gasteiger partial charge is 0.465 e. The lowest BCUT2D eigenvalue weighted by Gasteiger charge is -2.39. The fourth-order valence-electron chi connectivity index (χ4n) is 5.18. The highest BCUT2D eigenvalue weighted by Gasteiger charge is 2.44. The van der Waals surface area contributed by atoms with Crippen molar-refractivity contribution in [1.29, 1.82) is 0 Å². The summed E-state index contributed by atoms with van der Waals surface area (Å²) in [5.41, 5.74) is -3.02. The van der Waals surface area contributed by atoms with Gasteiger partial charge in [-0.2, -0.15) is 8.42 Å². The third-order valence-electron chi connectivity index (χ3n) is 7.49. The Labute approximate surface area is 261 Å². The summed E-state index contributed by atoms with van der Waals surface area (Å²) in [6.07, 6.45) is 2.67. The molecule has 0 heterocycles. The lowest BCUT2D eigenvalue weighted by molar-refractivity contribution is -0.158. The second-order valence-electron chi connectivity index (χ2n) is 14.1. The van der Waals surface area contributed by atoms with Crippen LogP contribution in [0.3, 0.4) is 0 Å². The Morgan fingerprint density at radius 1 is 0.953 bits per heavy atom. The van der Waals surface area contributed by atoms with Gasteiger partial charge >= 0.3 is 11.9 Å². The molecule has 0 aromatic rings. The molecule has 0 bridgehead atoms. The van der Waals surface area contributed by atoms with Crippen LogP contribution in [0, 0.1) is 28.6 Å². The van der Waals surface area contributed by atoms with Gasteiger partial charge in [-0.05, 0) is 62.9 Å². The van der Waals surface area contributed by atoms with E-state index < -0.39 is 64.3 Å². The number of ether oxygens (including phenoxy) is 2. The van der Waals surface area contributed by atoms with Crippen LogP contribution in [-0.4, -0.2) is 86.5 Å². The number of aliphatic hydroxyl groups is 1. The molecule has 0 aromatic carbocycles. The molecule has 11 nitrogen and oxygen atoms in total. The monoisotopic (exact) mass is 655 g/mol. The maximum absolute atomic E-state index is 13.5. The molecule has 0 aliphatic rings. The summed E-state index contributed by atoms with van der Waals surface area (Å²) >= 11 is 0. The Bertz CT molecular complexity index is 993. The van der Waals surface area contributed by atoms with E-state index in [1.165, 1.54) is 21.0 Å². The number of carbonyl (C=O) groups is 3. The van der Waals surface area contributed by atoms with Gasteiger partial charge in [0, 0.05) is 15.3 Å². The van der Waals surface area contributed by atoms with Gasteiger partial charge in [0.25, 0.3) is 10.1 Å². The van der Waals surface area contributed by atoms with E-state index in [2.05, 4.69) is 5.32 Å². The zero-order chi connectivity index (χ0) is 33.8. The minimum absolute atomic E-state index is 0.181. The van der Waals surface area contributed by atoms with Crippen molar-refractivity contribution in [2.75, 3.05) is 39.3 Å². The van der Waals surface area contributed by atoms with Gasteiger partial charge in [-0.15, -0.1) is 0 Å². The third kappa shape index (κ3) is 16.5. The highest BCUT2D eigenvalue weighted by Crippen LogP contribution is 2.48. The molecule has 0 rings (SSSR count). The Kier molecular flexibility index (Phi) is 17.4. The molecule has 0 saturated heterocycles. The first-order chi connectivity index (χ1) is 19.5. The van der Waals surface area contributed by atoms with E-state index in [4.69, 9.17) is 14.0 Å². The molecule has 5 atom stereocenters. The van der Waals surface area contributed by atoms with E-state index in [0.717, 1.165) is 12.8 Å². The van der Waals surface area contributed by atoms with Gasteiger partial charge < -0.3 is 24.4 Å². The summed E-state index contributed by atoms with van der Waals surface area (Å²) in [6.45, 7) is 18.4. The van der Waals surface area contributed by atoms with Gasteiger partial charge in [-0.1, -0.05) is 54.9 Å². The maximum Gasteiger partial charge on any atom is 0.309 e. The summed E-state index contributed by atoms with van der Waals surface area (Å²) in [5.74, 6) is -3.46. The van der Waals surface area contributed by atoms with E-state index in [-0.39, 0.29) is 43.4 Å². The summed E-state index contributed by atoms with van der Waals surface area (Å²) < 4.78 is 49.0. The SMILES string of the molecule is CCCCOC(=O)C(CC(C)(C)C)C(C)CC(C(=O)OCCO)C(C)(C)CC(C(=O)NC(C)(C)CS(=O)(=O)O)P(C)OC. The zero-order valence-electron chi connectivity index (χ0n) is 28.2. The number of unbranched alkanes of at least 4 members (excludes halogenated alkanes) is 1. The quantitative estimate of drug-likeness (QED) is 0.0718. The fourth-order valence-corrected chi connectivity index (χ4v) is 7.54. The van der Waals surface area contributed by atoms with Crippen LogP contribution in [0.25, 0.3) is 0 Å². The molecule has 0 aliphatic heterocycles. The summed E-state index contributed by atoms with van der Waals surface area (Å²) in [5, 5.41) is 12.0. The van der Waals surface area contributed by atoms with Crippen molar-refractivity contribution >= 4 is 36.1 Å². The minimum atomic E-state index is -4.36. The second-order valence-corrected chi connectivity index (χ2v) is 17.6. The minimum Gasteiger partial charge on any atom is -0.465 e. The average Bonchev–Trinajstić information content (AvgIpc) is 2.84. The van der Waals surface area contributed by atoms with Crippen LogP contribution in [0.5, 0.6) is 0 Å². The topological polar surface area (TPSA) is 166 Å². The number of hydrogen-bond donors (Lipinski definition) is 3. The predicted molar refractivity (Wildman–Crippen MR) is 169 cm³/mol. The molecule has 43 heavy (non-hydrogen) atoms. The van der Waals surface area contributed by atoms with E-state index >= 15 is 0 Å². The molecule has 0 fully saturated rings. The van der Waals surface area contributed by atoms with Gasteiger partial charge in [-0.3, -0.25) is 18.9 Å². The molecule has 1 amide bonds. The molecule has 5 unspecified atom stereocenters. The normalized spacial score (nSPS) is 16.5. The van der Waals surface area contributed by atoms with Gasteiger partial charge in [0.1, 0.15) is 6.61 Å². The molecular weight excluding hydrogens is 597 g/mol. The first-order valence-corrected chi connectivity index (χ1v) is 18.4. The summed E-state index contributed by atoms with van der Waals surface area (Å²) in [6, 6.07) is 0. The number of aliphatic hydroxyl groups excluding tert-OH is 1. The lowest BCUT2D eigenvalue weighted by Crippen LogP contribution is -2.52. The standard InChI is InChI=1S/C30H58NO10PS/c1-12-13-15-40-26(34)22(18-28(3,4)5)21(2)17-23(27(35)41-16-14-32)29(6,7)19-24(42(11)39-10)25(33)31-30(8,9)20-43(36,37)38/h21-24,32H,12-20H2,1-11H3,(H,31,33)(H,36,37,38). The van der Waals surface area contributed by atoms with Crippen molar-refractivity contribution in [3.63, 3.8) is 0 Å². The molecule has 3 N–H and O–H groups in total. The Hall–Kier alpha value is -1.33. The number of esters is 2. The van der Waals surface area contributed by atoms with Crippen molar-refractivity contribution in [3.05, 3.63) is 0 Å².